The molecule has 0 aromatic carbocycles. The van der Waals surface area contributed by atoms with Gasteiger partial charge in [0.05, 0.1) is 17.9 Å². The van der Waals surface area contributed by atoms with Gasteiger partial charge in [-0.05, 0) is 0 Å². The number of alkyl halides is 2. The van der Waals surface area contributed by atoms with Gasteiger partial charge in [0.25, 0.3) is 5.92 Å². The van der Waals surface area contributed by atoms with Crippen LogP contribution in [0.2, 0.25) is 0 Å². The first-order chi connectivity index (χ1) is 7.55. The molecule has 2 aromatic rings. The minimum absolute atomic E-state index is 0. The molecule has 17 heavy (non-hydrogen) atoms. The number of halogens is 2. The van der Waals surface area contributed by atoms with Gasteiger partial charge in [-0.15, -0.1) is 0 Å². The van der Waals surface area contributed by atoms with Gasteiger partial charge < -0.3 is 10.7 Å². The molecule has 3 rings (SSSR count). The number of nitrogens with zero attached hydrogens (tertiary/aromatic N) is 3. The Morgan fingerprint density at radius 1 is 1.35 bits per heavy atom. The Bertz CT molecular complexity index is 546. The molecule has 1 aliphatic rings. The monoisotopic (exact) mass is 246 g/mol. The Morgan fingerprint density at radius 2 is 2.06 bits per heavy atom. The summed E-state index contributed by atoms with van der Waals surface area (Å²) in [5, 5.41) is 4.85. The predicted octanol–water partition coefficient (Wildman–Crippen LogP) is 0.0892. The molecule has 0 saturated heterocycles. The van der Waals surface area contributed by atoms with Crippen molar-refractivity contribution < 1.29 is 38.3 Å². The first-order valence-electron chi connectivity index (χ1n) is 4.99. The Balaban J connectivity index is 0.00000108. The Hall–Kier alpha value is -0.720. The number of hydrogen-bond acceptors (Lipinski definition) is 2. The molecule has 0 spiro atoms. The molecular formula is C10H9F2N4Na. The molecule has 1 fully saturated rings. The molecule has 0 radical (unpaired) electrons. The molecule has 1 N–H and O–H groups in total. The van der Waals surface area contributed by atoms with Gasteiger partial charge in [-0.2, -0.15) is 5.10 Å². The van der Waals surface area contributed by atoms with Crippen LogP contribution in [0.15, 0.2) is 18.3 Å². The van der Waals surface area contributed by atoms with Crippen LogP contribution in [-0.2, 0) is 0 Å². The summed E-state index contributed by atoms with van der Waals surface area (Å²) in [6, 6.07) is 3.00. The fourth-order valence-corrected chi connectivity index (χ4v) is 1.99. The zero-order valence-electron chi connectivity index (χ0n) is 9.32. The molecule has 0 unspecified atom stereocenters. The average Bonchev–Trinajstić information content (AvgIpc) is 2.56. The second-order valence-electron chi connectivity index (χ2n) is 4.12. The van der Waals surface area contributed by atoms with Crippen LogP contribution in [0.1, 0.15) is 18.9 Å². The van der Waals surface area contributed by atoms with Crippen molar-refractivity contribution in [2.75, 3.05) is 0 Å². The van der Waals surface area contributed by atoms with Crippen molar-refractivity contribution in [3.05, 3.63) is 24.1 Å². The Labute approximate surface area is 118 Å². The van der Waals surface area contributed by atoms with Gasteiger partial charge in [0, 0.05) is 18.2 Å². The Morgan fingerprint density at radius 3 is 2.71 bits per heavy atom. The van der Waals surface area contributed by atoms with E-state index in [1.54, 1.807) is 18.3 Å². The van der Waals surface area contributed by atoms with Crippen molar-refractivity contribution in [3.63, 3.8) is 0 Å². The van der Waals surface area contributed by atoms with E-state index in [1.165, 1.54) is 4.68 Å². The SMILES string of the molecule is [NH-]c1ccc2cnn(C3CC(F)(F)C3)c2n1.[Na+]. The third-order valence-corrected chi connectivity index (χ3v) is 2.86. The van der Waals surface area contributed by atoms with E-state index in [0.29, 0.717) is 5.65 Å². The van der Waals surface area contributed by atoms with Gasteiger partial charge in [0.1, 0.15) is 0 Å². The van der Waals surface area contributed by atoms with Crippen molar-refractivity contribution in [3.8, 4) is 0 Å². The molecular weight excluding hydrogens is 237 g/mol. The van der Waals surface area contributed by atoms with Gasteiger partial charge in [-0.3, -0.25) is 4.68 Å². The van der Waals surface area contributed by atoms with Crippen molar-refractivity contribution in [2.45, 2.75) is 24.8 Å². The summed E-state index contributed by atoms with van der Waals surface area (Å²) in [5.41, 5.74) is 7.93. The Kier molecular flexibility index (Phi) is 3.14. The standard InChI is InChI=1S/C10H9F2N4.Na/c11-10(12)3-7(4-10)16-9-6(5-14-16)1-2-8(13)15-9;/h1-2,5,7H,3-4H2,(H-,13,15);/q-1;+1. The predicted molar refractivity (Wildman–Crippen MR) is 54.7 cm³/mol. The minimum atomic E-state index is -2.57. The summed E-state index contributed by atoms with van der Waals surface area (Å²) in [6.45, 7) is 0. The summed E-state index contributed by atoms with van der Waals surface area (Å²) in [4.78, 5) is 4.01. The summed E-state index contributed by atoms with van der Waals surface area (Å²) in [6.07, 6.45) is 1.22. The summed E-state index contributed by atoms with van der Waals surface area (Å²) in [7, 11) is 0. The van der Waals surface area contributed by atoms with Crippen LogP contribution in [0.3, 0.4) is 0 Å². The molecule has 4 nitrogen and oxygen atoms in total. The van der Waals surface area contributed by atoms with E-state index >= 15 is 0 Å². The number of pyridine rings is 1. The van der Waals surface area contributed by atoms with Crippen LogP contribution < -0.4 is 29.6 Å². The fourth-order valence-electron chi connectivity index (χ4n) is 1.99. The number of fused-ring (bicyclic) bond motifs is 1. The zero-order chi connectivity index (χ0) is 11.3. The van der Waals surface area contributed by atoms with Crippen LogP contribution in [-0.4, -0.2) is 20.7 Å². The molecule has 0 amide bonds. The van der Waals surface area contributed by atoms with E-state index in [4.69, 9.17) is 5.73 Å². The fraction of sp³-hybridized carbons (Fsp3) is 0.400. The van der Waals surface area contributed by atoms with Gasteiger partial charge in [-0.25, -0.2) is 8.78 Å². The van der Waals surface area contributed by atoms with Crippen molar-refractivity contribution in [1.29, 1.82) is 0 Å². The molecule has 84 valence electrons. The van der Waals surface area contributed by atoms with E-state index in [-0.39, 0.29) is 54.3 Å². The molecule has 2 heterocycles. The van der Waals surface area contributed by atoms with Crippen LogP contribution >= 0.6 is 0 Å². The number of nitrogens with one attached hydrogen (secondary N) is 1. The van der Waals surface area contributed by atoms with E-state index in [1.807, 2.05) is 0 Å². The number of aromatic nitrogens is 3. The minimum Gasteiger partial charge on any atom is -0.482 e. The quantitative estimate of drug-likeness (QED) is 0.669. The van der Waals surface area contributed by atoms with Gasteiger partial charge in [0.2, 0.25) is 0 Å². The first-order valence-corrected chi connectivity index (χ1v) is 4.99. The van der Waals surface area contributed by atoms with Gasteiger partial charge in [0.15, 0.2) is 0 Å². The van der Waals surface area contributed by atoms with Gasteiger partial charge >= 0.3 is 29.6 Å². The van der Waals surface area contributed by atoms with Gasteiger partial charge in [-0.1, -0.05) is 18.0 Å². The van der Waals surface area contributed by atoms with E-state index in [9.17, 15) is 8.78 Å². The molecule has 1 aliphatic carbocycles. The van der Waals surface area contributed by atoms with E-state index in [0.717, 1.165) is 5.39 Å². The second-order valence-corrected chi connectivity index (χ2v) is 4.12. The summed E-state index contributed by atoms with van der Waals surface area (Å²) >= 11 is 0. The van der Waals surface area contributed by atoms with Crippen LogP contribution in [0.25, 0.3) is 16.8 Å². The molecule has 2 aromatic heterocycles. The maximum Gasteiger partial charge on any atom is 1.00 e. The second kappa shape index (κ2) is 4.19. The van der Waals surface area contributed by atoms with Crippen LogP contribution in [0, 0.1) is 0 Å². The number of rotatable bonds is 1. The maximum absolute atomic E-state index is 12.8. The molecule has 0 bridgehead atoms. The van der Waals surface area contributed by atoms with E-state index < -0.39 is 5.92 Å². The number of hydrogen-bond donors (Lipinski definition) is 0. The normalized spacial score (nSPS) is 18.7. The zero-order valence-corrected chi connectivity index (χ0v) is 11.3. The molecule has 7 heteroatoms. The largest absolute Gasteiger partial charge is 1.00 e. The summed E-state index contributed by atoms with van der Waals surface area (Å²) in [5.74, 6) is -2.44. The molecule has 0 aliphatic heterocycles. The third-order valence-electron chi connectivity index (χ3n) is 2.86. The van der Waals surface area contributed by atoms with Crippen molar-refractivity contribution in [1.82, 2.24) is 14.8 Å². The average molecular weight is 246 g/mol. The third kappa shape index (κ3) is 2.17. The van der Waals surface area contributed by atoms with Crippen molar-refractivity contribution >= 4 is 16.9 Å². The molecule has 0 atom stereocenters. The molecule has 1 saturated carbocycles. The van der Waals surface area contributed by atoms with E-state index in [2.05, 4.69) is 10.1 Å². The van der Waals surface area contributed by atoms with Crippen LogP contribution in [0.4, 0.5) is 14.6 Å². The topological polar surface area (TPSA) is 54.5 Å². The first kappa shape index (κ1) is 12.7. The summed E-state index contributed by atoms with van der Waals surface area (Å²) < 4.78 is 27.0. The maximum atomic E-state index is 12.8. The van der Waals surface area contributed by atoms with Crippen LogP contribution in [0.5, 0.6) is 0 Å². The smallest absolute Gasteiger partial charge is 0.482 e. The van der Waals surface area contributed by atoms with Crippen molar-refractivity contribution in [2.24, 2.45) is 0 Å².